The van der Waals surface area contributed by atoms with Crippen molar-refractivity contribution in [2.45, 2.75) is 0 Å². The summed E-state index contributed by atoms with van der Waals surface area (Å²) in [7, 11) is 0. The molecular formula is C14H11F2N3O4. The number of halogens is 2. The molecule has 0 bridgehead atoms. The summed E-state index contributed by atoms with van der Waals surface area (Å²) in [5.41, 5.74) is -0.441. The Kier molecular flexibility index (Phi) is 4.49. The van der Waals surface area contributed by atoms with E-state index in [0.717, 1.165) is 18.2 Å². The lowest BCUT2D eigenvalue weighted by atomic mass is 10.3. The fraction of sp³-hybridized carbons (Fsp3) is 0.143. The SMILES string of the molecule is C=CCN1C(=O)C(=O)N(CC(=O)Nc2cc(F)ccc2F)C1=O. The highest BCUT2D eigenvalue weighted by atomic mass is 19.1. The maximum absolute atomic E-state index is 13.4. The number of rotatable bonds is 5. The quantitative estimate of drug-likeness (QED) is 0.495. The second-order valence-electron chi connectivity index (χ2n) is 4.55. The van der Waals surface area contributed by atoms with Gasteiger partial charge in [-0.1, -0.05) is 6.08 Å². The van der Waals surface area contributed by atoms with Crippen molar-refractivity contribution in [2.24, 2.45) is 0 Å². The van der Waals surface area contributed by atoms with Crippen molar-refractivity contribution >= 4 is 29.4 Å². The van der Waals surface area contributed by atoms with Crippen LogP contribution in [0.4, 0.5) is 19.3 Å². The van der Waals surface area contributed by atoms with Gasteiger partial charge in [0.1, 0.15) is 18.2 Å². The first-order chi connectivity index (χ1) is 10.8. The third kappa shape index (κ3) is 3.23. The number of carbonyl (C=O) groups excluding carboxylic acids is 4. The Morgan fingerprint density at radius 3 is 2.48 bits per heavy atom. The van der Waals surface area contributed by atoms with E-state index in [1.807, 2.05) is 5.32 Å². The van der Waals surface area contributed by atoms with E-state index in [9.17, 15) is 28.0 Å². The molecule has 23 heavy (non-hydrogen) atoms. The summed E-state index contributed by atoms with van der Waals surface area (Å²) in [5, 5.41) is 2.03. The third-order valence-electron chi connectivity index (χ3n) is 2.95. The molecule has 0 aliphatic carbocycles. The number of hydrogen-bond donors (Lipinski definition) is 1. The fourth-order valence-corrected chi connectivity index (χ4v) is 1.91. The van der Waals surface area contributed by atoms with Crippen molar-refractivity contribution in [1.82, 2.24) is 9.80 Å². The molecule has 1 heterocycles. The highest BCUT2D eigenvalue weighted by molar-refractivity contribution is 6.45. The number of carbonyl (C=O) groups is 4. The van der Waals surface area contributed by atoms with Crippen LogP contribution in [0.15, 0.2) is 30.9 Å². The van der Waals surface area contributed by atoms with Gasteiger partial charge in [-0.05, 0) is 12.1 Å². The molecule has 1 saturated heterocycles. The topological polar surface area (TPSA) is 86.8 Å². The molecule has 1 aromatic carbocycles. The Balaban J connectivity index is 2.09. The first-order valence-corrected chi connectivity index (χ1v) is 6.38. The summed E-state index contributed by atoms with van der Waals surface area (Å²) < 4.78 is 26.4. The van der Waals surface area contributed by atoms with Gasteiger partial charge in [-0.15, -0.1) is 6.58 Å². The van der Waals surface area contributed by atoms with Crippen LogP contribution in [0.5, 0.6) is 0 Å². The lowest BCUT2D eigenvalue weighted by Crippen LogP contribution is -2.39. The monoisotopic (exact) mass is 323 g/mol. The van der Waals surface area contributed by atoms with Crippen LogP contribution in [0.2, 0.25) is 0 Å². The van der Waals surface area contributed by atoms with Crippen molar-refractivity contribution in [3.05, 3.63) is 42.5 Å². The van der Waals surface area contributed by atoms with E-state index in [1.165, 1.54) is 6.08 Å². The molecule has 1 aliphatic rings. The Hall–Kier alpha value is -3.10. The van der Waals surface area contributed by atoms with Crippen molar-refractivity contribution in [3.63, 3.8) is 0 Å². The Morgan fingerprint density at radius 1 is 1.17 bits per heavy atom. The molecule has 0 aromatic heterocycles. The molecule has 0 saturated carbocycles. The van der Waals surface area contributed by atoms with Crippen molar-refractivity contribution in [1.29, 1.82) is 0 Å². The second kappa shape index (κ2) is 6.34. The molecule has 0 unspecified atom stereocenters. The molecule has 1 fully saturated rings. The summed E-state index contributed by atoms with van der Waals surface area (Å²) in [4.78, 5) is 48.0. The van der Waals surface area contributed by atoms with Gasteiger partial charge >= 0.3 is 17.8 Å². The minimum atomic E-state index is -1.17. The van der Waals surface area contributed by atoms with E-state index in [4.69, 9.17) is 0 Å². The minimum Gasteiger partial charge on any atom is -0.322 e. The summed E-state index contributed by atoms with van der Waals surface area (Å²) in [6.45, 7) is 2.37. The molecule has 1 aliphatic heterocycles. The van der Waals surface area contributed by atoms with Crippen molar-refractivity contribution < 1.29 is 28.0 Å². The zero-order chi connectivity index (χ0) is 17.1. The van der Waals surface area contributed by atoms with Gasteiger partial charge in [0.05, 0.1) is 5.69 Å². The van der Waals surface area contributed by atoms with Crippen LogP contribution < -0.4 is 5.32 Å². The van der Waals surface area contributed by atoms with Crippen molar-refractivity contribution in [3.8, 4) is 0 Å². The number of amides is 5. The summed E-state index contributed by atoms with van der Waals surface area (Å²) in [6, 6.07) is 1.45. The second-order valence-corrected chi connectivity index (χ2v) is 4.55. The minimum absolute atomic E-state index is 0.181. The number of hydrogen-bond acceptors (Lipinski definition) is 4. The molecule has 1 aromatic rings. The molecule has 7 nitrogen and oxygen atoms in total. The van der Waals surface area contributed by atoms with E-state index < -0.39 is 47.6 Å². The molecule has 2 rings (SSSR count). The zero-order valence-corrected chi connectivity index (χ0v) is 11.7. The van der Waals surface area contributed by atoms with E-state index in [0.29, 0.717) is 9.80 Å². The number of nitrogens with zero attached hydrogens (tertiary/aromatic N) is 2. The predicted molar refractivity (Wildman–Crippen MR) is 74.0 cm³/mol. The maximum atomic E-state index is 13.4. The third-order valence-corrected chi connectivity index (χ3v) is 2.95. The zero-order valence-electron chi connectivity index (χ0n) is 11.7. The van der Waals surface area contributed by atoms with E-state index >= 15 is 0 Å². The Morgan fingerprint density at radius 2 is 1.83 bits per heavy atom. The molecule has 1 N–H and O–H groups in total. The van der Waals surface area contributed by atoms with E-state index in [1.54, 1.807) is 0 Å². The van der Waals surface area contributed by atoms with Gasteiger partial charge in [0.25, 0.3) is 0 Å². The van der Waals surface area contributed by atoms with Crippen LogP contribution >= 0.6 is 0 Å². The first-order valence-electron chi connectivity index (χ1n) is 6.38. The van der Waals surface area contributed by atoms with Crippen LogP contribution in [0.25, 0.3) is 0 Å². The van der Waals surface area contributed by atoms with E-state index in [2.05, 4.69) is 6.58 Å². The van der Waals surface area contributed by atoms with Crippen LogP contribution in [-0.2, 0) is 14.4 Å². The van der Waals surface area contributed by atoms with Gasteiger partial charge in [-0.2, -0.15) is 0 Å². The van der Waals surface area contributed by atoms with Crippen LogP contribution in [0.1, 0.15) is 0 Å². The van der Waals surface area contributed by atoms with Crippen LogP contribution in [0, 0.1) is 11.6 Å². The average molecular weight is 323 g/mol. The number of imide groups is 2. The number of benzene rings is 1. The van der Waals surface area contributed by atoms with Gasteiger partial charge in [0.15, 0.2) is 0 Å². The normalized spacial score (nSPS) is 14.4. The molecule has 0 spiro atoms. The highest BCUT2D eigenvalue weighted by Crippen LogP contribution is 2.16. The molecule has 9 heteroatoms. The molecule has 0 atom stereocenters. The van der Waals surface area contributed by atoms with Gasteiger partial charge in [-0.3, -0.25) is 19.3 Å². The summed E-state index contributed by atoms with van der Waals surface area (Å²) in [5.74, 6) is -4.87. The molecular weight excluding hydrogens is 312 g/mol. The maximum Gasteiger partial charge on any atom is 0.335 e. The van der Waals surface area contributed by atoms with Gasteiger partial charge < -0.3 is 5.32 Å². The molecule has 5 amide bonds. The Labute approximate surface area is 129 Å². The van der Waals surface area contributed by atoms with Gasteiger partial charge in [0, 0.05) is 12.6 Å². The lowest BCUT2D eigenvalue weighted by molar-refractivity contribution is -0.143. The smallest absolute Gasteiger partial charge is 0.322 e. The van der Waals surface area contributed by atoms with Crippen LogP contribution in [0.3, 0.4) is 0 Å². The lowest BCUT2D eigenvalue weighted by Gasteiger charge is -2.14. The number of anilines is 1. The Bertz CT molecular complexity index is 720. The average Bonchev–Trinajstić information content (AvgIpc) is 2.69. The number of urea groups is 1. The van der Waals surface area contributed by atoms with E-state index in [-0.39, 0.29) is 6.54 Å². The summed E-state index contributed by atoms with van der Waals surface area (Å²) in [6.07, 6.45) is 1.24. The first kappa shape index (κ1) is 16.3. The van der Waals surface area contributed by atoms with Gasteiger partial charge in [-0.25, -0.2) is 18.5 Å². The van der Waals surface area contributed by atoms with Gasteiger partial charge in [0.2, 0.25) is 5.91 Å². The summed E-state index contributed by atoms with van der Waals surface area (Å²) >= 11 is 0. The number of nitrogens with one attached hydrogen (secondary N) is 1. The van der Waals surface area contributed by atoms with Crippen molar-refractivity contribution in [2.75, 3.05) is 18.4 Å². The molecule has 0 radical (unpaired) electrons. The fourth-order valence-electron chi connectivity index (χ4n) is 1.91. The van der Waals surface area contributed by atoms with Crippen LogP contribution in [-0.4, -0.2) is 46.6 Å². The highest BCUT2D eigenvalue weighted by Gasteiger charge is 2.44. The predicted octanol–water partition coefficient (Wildman–Crippen LogP) is 0.880. The molecule has 120 valence electrons. The standard InChI is InChI=1S/C14H11F2N3O4/c1-2-5-18-12(21)13(22)19(14(18)23)7-11(20)17-10-6-8(15)3-4-9(10)16/h2-4,6H,1,5,7H2,(H,17,20). The largest absolute Gasteiger partial charge is 0.335 e.